The van der Waals surface area contributed by atoms with Crippen LogP contribution in [0.2, 0.25) is 0 Å². The minimum atomic E-state index is -0.365. The Labute approximate surface area is 160 Å². The normalized spacial score (nSPS) is 16.3. The molecule has 0 spiro atoms. The lowest BCUT2D eigenvalue weighted by atomic mass is 10.2. The molecule has 1 N–H and O–H groups in total. The number of phenolic OH excluding ortho intramolecular Hbond substituents is 1. The Morgan fingerprint density at radius 1 is 1.33 bits per heavy atom. The van der Waals surface area contributed by atoms with Gasteiger partial charge >= 0.3 is 0 Å². The molecule has 6 nitrogen and oxygen atoms in total. The molecule has 9 heteroatoms. The lowest BCUT2D eigenvalue weighted by Crippen LogP contribution is -2.31. The minimum absolute atomic E-state index is 0.0333. The Morgan fingerprint density at radius 2 is 2.04 bits per heavy atom. The molecule has 0 aliphatic carbocycles. The molecular weight excluding hydrogens is 466 g/mol. The number of methoxy groups -OCH3 is 1. The van der Waals surface area contributed by atoms with Gasteiger partial charge in [0, 0.05) is 11.6 Å². The number of thioether (sulfide) groups is 1. The zero-order valence-corrected chi connectivity index (χ0v) is 17.0. The fourth-order valence-electron chi connectivity index (χ4n) is 2.00. The fraction of sp³-hybridized carbons (Fsp3) is 0.333. The lowest BCUT2D eigenvalue weighted by molar-refractivity contribution is -0.123. The quantitative estimate of drug-likeness (QED) is 0.620. The van der Waals surface area contributed by atoms with Crippen molar-refractivity contribution < 1.29 is 24.2 Å². The molecule has 0 aromatic heterocycles. The van der Waals surface area contributed by atoms with Gasteiger partial charge < -0.3 is 14.6 Å². The molecule has 1 fully saturated rings. The van der Waals surface area contributed by atoms with Crippen LogP contribution < -0.4 is 4.74 Å². The standard InChI is InChI=1S/C15H15Br2NO5S/c1-3-23-9-6-8(11(16)12(17)13(9)19)7-10-14(20)18(4-5-22-2)15(21)24-10/h6-7,19H,3-5H2,1-2H3/b10-7+. The molecule has 130 valence electrons. The van der Waals surface area contributed by atoms with E-state index in [-0.39, 0.29) is 35.8 Å². The van der Waals surface area contributed by atoms with E-state index in [1.54, 1.807) is 19.1 Å². The maximum Gasteiger partial charge on any atom is 0.293 e. The van der Waals surface area contributed by atoms with Crippen LogP contribution in [0.25, 0.3) is 6.08 Å². The molecular formula is C15H15Br2NO5S. The summed E-state index contributed by atoms with van der Waals surface area (Å²) in [6, 6.07) is 1.61. The van der Waals surface area contributed by atoms with Gasteiger partial charge in [0.2, 0.25) is 0 Å². The number of carbonyl (C=O) groups is 2. The number of hydrogen-bond acceptors (Lipinski definition) is 6. The summed E-state index contributed by atoms with van der Waals surface area (Å²) in [6.45, 7) is 2.68. The molecule has 0 saturated carbocycles. The molecule has 0 atom stereocenters. The van der Waals surface area contributed by atoms with Gasteiger partial charge in [-0.15, -0.1) is 0 Å². The van der Waals surface area contributed by atoms with Crippen molar-refractivity contribution in [3.05, 3.63) is 25.5 Å². The molecule has 0 radical (unpaired) electrons. The Morgan fingerprint density at radius 3 is 2.67 bits per heavy atom. The number of aromatic hydroxyl groups is 1. The summed E-state index contributed by atoms with van der Waals surface area (Å²) in [4.78, 5) is 25.8. The summed E-state index contributed by atoms with van der Waals surface area (Å²) >= 11 is 7.52. The fourth-order valence-corrected chi connectivity index (χ4v) is 3.70. The number of halogens is 2. The van der Waals surface area contributed by atoms with E-state index in [4.69, 9.17) is 9.47 Å². The Hall–Kier alpha value is -1.03. The van der Waals surface area contributed by atoms with Crippen molar-refractivity contribution >= 4 is 60.8 Å². The monoisotopic (exact) mass is 479 g/mol. The predicted molar refractivity (Wildman–Crippen MR) is 99.2 cm³/mol. The van der Waals surface area contributed by atoms with E-state index < -0.39 is 0 Å². The molecule has 2 rings (SSSR count). The van der Waals surface area contributed by atoms with E-state index in [0.717, 1.165) is 16.7 Å². The SMILES string of the molecule is CCOc1cc(/C=C2/SC(=O)N(CCOC)C2=O)c(Br)c(Br)c1O. The van der Waals surface area contributed by atoms with Gasteiger partial charge in [-0.1, -0.05) is 0 Å². The van der Waals surface area contributed by atoms with Gasteiger partial charge in [-0.05, 0) is 68.3 Å². The third-order valence-electron chi connectivity index (χ3n) is 3.15. The van der Waals surface area contributed by atoms with E-state index in [0.29, 0.717) is 26.0 Å². The predicted octanol–water partition coefficient (Wildman–Crippen LogP) is 4.00. The van der Waals surface area contributed by atoms with Crippen LogP contribution in [-0.4, -0.2) is 48.0 Å². The Bertz CT molecular complexity index is 708. The highest BCUT2D eigenvalue weighted by atomic mass is 79.9. The molecule has 1 heterocycles. The van der Waals surface area contributed by atoms with Crippen molar-refractivity contribution in [2.45, 2.75) is 6.92 Å². The first-order valence-corrected chi connectivity index (χ1v) is 9.39. The average molecular weight is 481 g/mol. The second-order valence-electron chi connectivity index (χ2n) is 4.70. The van der Waals surface area contributed by atoms with Crippen LogP contribution >= 0.6 is 43.6 Å². The maximum atomic E-state index is 12.4. The van der Waals surface area contributed by atoms with Crippen LogP contribution in [0.1, 0.15) is 12.5 Å². The topological polar surface area (TPSA) is 76.1 Å². The number of imide groups is 1. The summed E-state index contributed by atoms with van der Waals surface area (Å²) < 4.78 is 11.3. The van der Waals surface area contributed by atoms with E-state index in [1.165, 1.54) is 7.11 Å². The number of ether oxygens (including phenoxy) is 2. The van der Waals surface area contributed by atoms with Crippen LogP contribution in [0.3, 0.4) is 0 Å². The summed E-state index contributed by atoms with van der Waals surface area (Å²) in [7, 11) is 1.51. The number of carbonyl (C=O) groups excluding carboxylic acids is 2. The number of nitrogens with zero attached hydrogens (tertiary/aromatic N) is 1. The molecule has 1 aromatic carbocycles. The molecule has 1 aliphatic rings. The van der Waals surface area contributed by atoms with Crippen molar-refractivity contribution in [2.24, 2.45) is 0 Å². The van der Waals surface area contributed by atoms with Gasteiger partial charge in [-0.3, -0.25) is 14.5 Å². The van der Waals surface area contributed by atoms with E-state index in [1.807, 2.05) is 0 Å². The van der Waals surface area contributed by atoms with Gasteiger partial charge in [0.05, 0.1) is 29.1 Å². The van der Waals surface area contributed by atoms with Crippen LogP contribution in [0.4, 0.5) is 4.79 Å². The first kappa shape index (κ1) is 19.3. The number of phenols is 1. The third-order valence-corrected chi connectivity index (χ3v) is 6.22. The lowest BCUT2D eigenvalue weighted by Gasteiger charge is -2.12. The van der Waals surface area contributed by atoms with Crippen molar-refractivity contribution in [3.63, 3.8) is 0 Å². The van der Waals surface area contributed by atoms with E-state index >= 15 is 0 Å². The number of hydrogen-bond donors (Lipinski definition) is 1. The van der Waals surface area contributed by atoms with Crippen LogP contribution in [0, 0.1) is 0 Å². The van der Waals surface area contributed by atoms with Gasteiger partial charge in [-0.2, -0.15) is 0 Å². The Kier molecular flexibility index (Phi) is 6.73. The summed E-state index contributed by atoms with van der Waals surface area (Å²) in [5.41, 5.74) is 0.611. The molecule has 24 heavy (non-hydrogen) atoms. The maximum absolute atomic E-state index is 12.4. The zero-order chi connectivity index (χ0) is 17.9. The second kappa shape index (κ2) is 8.37. The molecule has 0 bridgehead atoms. The third kappa shape index (κ3) is 3.96. The molecule has 1 aliphatic heterocycles. The van der Waals surface area contributed by atoms with Crippen LogP contribution in [0.15, 0.2) is 19.9 Å². The van der Waals surface area contributed by atoms with Crippen LogP contribution in [0.5, 0.6) is 11.5 Å². The molecule has 2 amide bonds. The number of benzene rings is 1. The highest BCUT2D eigenvalue weighted by Gasteiger charge is 2.34. The smallest absolute Gasteiger partial charge is 0.293 e. The average Bonchev–Trinajstić information content (AvgIpc) is 2.82. The van der Waals surface area contributed by atoms with E-state index in [2.05, 4.69) is 31.9 Å². The molecule has 1 saturated heterocycles. The van der Waals surface area contributed by atoms with Crippen molar-refractivity contribution in [1.29, 1.82) is 0 Å². The zero-order valence-electron chi connectivity index (χ0n) is 13.0. The van der Waals surface area contributed by atoms with E-state index in [9.17, 15) is 14.7 Å². The molecule has 1 aromatic rings. The summed E-state index contributed by atoms with van der Waals surface area (Å²) in [5.74, 6) is -0.109. The van der Waals surface area contributed by atoms with Gasteiger partial charge in [0.15, 0.2) is 11.5 Å². The number of rotatable bonds is 6. The van der Waals surface area contributed by atoms with Crippen molar-refractivity contribution in [3.8, 4) is 11.5 Å². The Balaban J connectivity index is 2.38. The molecule has 0 unspecified atom stereocenters. The highest BCUT2D eigenvalue weighted by molar-refractivity contribution is 9.13. The first-order valence-electron chi connectivity index (χ1n) is 6.98. The van der Waals surface area contributed by atoms with Crippen molar-refractivity contribution in [1.82, 2.24) is 4.90 Å². The summed E-state index contributed by atoms with van der Waals surface area (Å²) in [5, 5.41) is 9.73. The van der Waals surface area contributed by atoms with Gasteiger partial charge in [-0.25, -0.2) is 0 Å². The highest BCUT2D eigenvalue weighted by Crippen LogP contribution is 2.43. The largest absolute Gasteiger partial charge is 0.503 e. The minimum Gasteiger partial charge on any atom is -0.503 e. The van der Waals surface area contributed by atoms with Gasteiger partial charge in [0.1, 0.15) is 0 Å². The van der Waals surface area contributed by atoms with Crippen molar-refractivity contribution in [2.75, 3.05) is 26.9 Å². The van der Waals surface area contributed by atoms with Gasteiger partial charge in [0.25, 0.3) is 11.1 Å². The number of amides is 2. The second-order valence-corrected chi connectivity index (χ2v) is 7.28. The summed E-state index contributed by atoms with van der Waals surface area (Å²) in [6.07, 6.45) is 1.59. The first-order chi connectivity index (χ1) is 11.4. The van der Waals surface area contributed by atoms with Crippen LogP contribution in [-0.2, 0) is 9.53 Å².